The van der Waals surface area contributed by atoms with E-state index in [1.54, 1.807) is 14.2 Å². The number of rotatable bonds is 5. The van der Waals surface area contributed by atoms with Gasteiger partial charge >= 0.3 is 0 Å². The van der Waals surface area contributed by atoms with Crippen LogP contribution in [-0.4, -0.2) is 20.0 Å². The lowest BCUT2D eigenvalue weighted by atomic mass is 9.93. The quantitative estimate of drug-likeness (QED) is 0.816. The van der Waals surface area contributed by atoms with Crippen molar-refractivity contribution in [1.29, 1.82) is 0 Å². The Morgan fingerprint density at radius 2 is 1.79 bits per heavy atom. The summed E-state index contributed by atoms with van der Waals surface area (Å²) in [5.74, 6) is 3.82. The summed E-state index contributed by atoms with van der Waals surface area (Å²) in [5, 5.41) is 0. The number of carbonyl (C=O) groups excluding carboxylic acids is 1. The summed E-state index contributed by atoms with van der Waals surface area (Å²) in [5.41, 5.74) is 1.02. The minimum Gasteiger partial charge on any atom is -0.493 e. The summed E-state index contributed by atoms with van der Waals surface area (Å²) >= 11 is 0. The van der Waals surface area contributed by atoms with E-state index in [1.165, 1.54) is 6.42 Å². The lowest BCUT2D eigenvalue weighted by molar-refractivity contribution is -0.122. The van der Waals surface area contributed by atoms with Crippen LogP contribution in [0.3, 0.4) is 0 Å². The number of ether oxygens (including phenoxy) is 2. The van der Waals surface area contributed by atoms with Gasteiger partial charge in [-0.15, -0.1) is 0 Å². The van der Waals surface area contributed by atoms with Crippen molar-refractivity contribution in [3.05, 3.63) is 23.8 Å². The Kier molecular flexibility index (Phi) is 3.21. The predicted molar refractivity (Wildman–Crippen MR) is 72.6 cm³/mol. The molecule has 3 rings (SSSR count). The topological polar surface area (TPSA) is 35.5 Å². The third-order valence-corrected chi connectivity index (χ3v) is 4.53. The second-order valence-electron chi connectivity index (χ2n) is 5.76. The van der Waals surface area contributed by atoms with E-state index in [1.807, 2.05) is 18.2 Å². The summed E-state index contributed by atoms with van der Waals surface area (Å²) < 4.78 is 10.5. The number of benzene rings is 1. The number of methoxy groups -OCH3 is 2. The molecule has 0 aromatic heterocycles. The van der Waals surface area contributed by atoms with Crippen LogP contribution in [0.5, 0.6) is 11.5 Å². The van der Waals surface area contributed by atoms with E-state index < -0.39 is 0 Å². The van der Waals surface area contributed by atoms with Gasteiger partial charge in [0, 0.05) is 12.3 Å². The Hall–Kier alpha value is -1.51. The van der Waals surface area contributed by atoms with Gasteiger partial charge in [-0.2, -0.15) is 0 Å². The van der Waals surface area contributed by atoms with Crippen LogP contribution in [0.25, 0.3) is 0 Å². The molecule has 0 heterocycles. The van der Waals surface area contributed by atoms with Crippen LogP contribution in [0, 0.1) is 17.8 Å². The zero-order valence-electron chi connectivity index (χ0n) is 11.5. The van der Waals surface area contributed by atoms with Crippen LogP contribution >= 0.6 is 0 Å². The molecular formula is C16H20O3. The van der Waals surface area contributed by atoms with Gasteiger partial charge < -0.3 is 9.47 Å². The van der Waals surface area contributed by atoms with Crippen molar-refractivity contribution in [3.63, 3.8) is 0 Å². The molecule has 0 saturated heterocycles. The third kappa shape index (κ3) is 2.46. The van der Waals surface area contributed by atoms with E-state index in [9.17, 15) is 4.79 Å². The maximum atomic E-state index is 12.3. The summed E-state index contributed by atoms with van der Waals surface area (Å²) in [6, 6.07) is 5.73. The van der Waals surface area contributed by atoms with Gasteiger partial charge in [-0.05, 0) is 48.8 Å². The first kappa shape index (κ1) is 12.5. The SMILES string of the molecule is COc1ccc(CC(=O)C2CC3CC3C2)cc1OC. The van der Waals surface area contributed by atoms with Crippen molar-refractivity contribution in [2.24, 2.45) is 17.8 Å². The first-order valence-corrected chi connectivity index (χ1v) is 6.95. The number of fused-ring (bicyclic) bond motifs is 1. The molecule has 2 fully saturated rings. The van der Waals surface area contributed by atoms with Gasteiger partial charge in [0.15, 0.2) is 11.5 Å². The molecule has 0 radical (unpaired) electrons. The Labute approximate surface area is 113 Å². The van der Waals surface area contributed by atoms with Gasteiger partial charge in [0.25, 0.3) is 0 Å². The van der Waals surface area contributed by atoms with E-state index in [4.69, 9.17) is 9.47 Å². The lowest BCUT2D eigenvalue weighted by Gasteiger charge is -2.12. The molecule has 0 N–H and O–H groups in total. The van der Waals surface area contributed by atoms with Crippen LogP contribution in [0.1, 0.15) is 24.8 Å². The zero-order valence-corrected chi connectivity index (χ0v) is 11.5. The average molecular weight is 260 g/mol. The van der Waals surface area contributed by atoms with Gasteiger partial charge in [-0.25, -0.2) is 0 Å². The standard InChI is InChI=1S/C16H20O3/c1-18-15-4-3-10(6-16(15)19-2)5-14(17)13-8-11-7-12(11)9-13/h3-4,6,11-13H,5,7-9H2,1-2H3. The van der Waals surface area contributed by atoms with Gasteiger partial charge in [-0.3, -0.25) is 4.79 Å². The largest absolute Gasteiger partial charge is 0.493 e. The summed E-state index contributed by atoms with van der Waals surface area (Å²) in [4.78, 5) is 12.3. The van der Waals surface area contributed by atoms with Crippen LogP contribution in [0.2, 0.25) is 0 Å². The van der Waals surface area contributed by atoms with Crippen molar-refractivity contribution in [1.82, 2.24) is 0 Å². The van der Waals surface area contributed by atoms with Crippen LogP contribution < -0.4 is 9.47 Å². The molecule has 0 aliphatic heterocycles. The minimum absolute atomic E-state index is 0.303. The Bertz CT molecular complexity index is 485. The lowest BCUT2D eigenvalue weighted by Crippen LogP contribution is -2.15. The van der Waals surface area contributed by atoms with E-state index >= 15 is 0 Å². The molecule has 1 aromatic carbocycles. The highest BCUT2D eigenvalue weighted by Crippen LogP contribution is 2.54. The summed E-state index contributed by atoms with van der Waals surface area (Å²) in [6.07, 6.45) is 4.12. The molecule has 3 nitrogen and oxygen atoms in total. The Balaban J connectivity index is 1.67. The molecule has 0 amide bonds. The second-order valence-corrected chi connectivity index (χ2v) is 5.76. The van der Waals surface area contributed by atoms with E-state index in [-0.39, 0.29) is 0 Å². The van der Waals surface area contributed by atoms with Gasteiger partial charge in [0.2, 0.25) is 0 Å². The number of ketones is 1. The molecule has 2 saturated carbocycles. The van der Waals surface area contributed by atoms with Crippen LogP contribution in [-0.2, 0) is 11.2 Å². The maximum Gasteiger partial charge on any atom is 0.161 e. The van der Waals surface area contributed by atoms with E-state index in [0.29, 0.717) is 29.6 Å². The smallest absolute Gasteiger partial charge is 0.161 e. The fraction of sp³-hybridized carbons (Fsp3) is 0.562. The average Bonchev–Trinajstić information content (AvgIpc) is 3.04. The fourth-order valence-corrected chi connectivity index (χ4v) is 3.31. The highest BCUT2D eigenvalue weighted by atomic mass is 16.5. The van der Waals surface area contributed by atoms with Gasteiger partial charge in [0.05, 0.1) is 14.2 Å². The highest BCUT2D eigenvalue weighted by Gasteiger charge is 2.47. The fourth-order valence-electron chi connectivity index (χ4n) is 3.31. The molecule has 2 atom stereocenters. The van der Waals surface area contributed by atoms with Gasteiger partial charge in [-0.1, -0.05) is 6.07 Å². The second kappa shape index (κ2) is 4.87. The Morgan fingerprint density at radius 3 is 2.42 bits per heavy atom. The minimum atomic E-state index is 0.303. The normalized spacial score (nSPS) is 27.8. The number of hydrogen-bond acceptors (Lipinski definition) is 3. The molecule has 2 unspecified atom stereocenters. The van der Waals surface area contributed by atoms with E-state index in [0.717, 1.165) is 30.2 Å². The Morgan fingerprint density at radius 1 is 1.11 bits per heavy atom. The number of hydrogen-bond donors (Lipinski definition) is 0. The maximum absolute atomic E-state index is 12.3. The molecule has 0 spiro atoms. The van der Waals surface area contributed by atoms with Crippen LogP contribution in [0.4, 0.5) is 0 Å². The molecule has 19 heavy (non-hydrogen) atoms. The monoisotopic (exact) mass is 260 g/mol. The molecular weight excluding hydrogens is 240 g/mol. The van der Waals surface area contributed by atoms with Crippen molar-refractivity contribution in [3.8, 4) is 11.5 Å². The number of carbonyl (C=O) groups is 1. The summed E-state index contributed by atoms with van der Waals surface area (Å²) in [7, 11) is 3.24. The molecule has 0 bridgehead atoms. The first-order chi connectivity index (χ1) is 9.21. The predicted octanol–water partition coefficient (Wildman–Crippen LogP) is 2.86. The number of Topliss-reactive ketones (excluding diaryl/α,β-unsaturated/α-hetero) is 1. The highest BCUT2D eigenvalue weighted by molar-refractivity contribution is 5.84. The van der Waals surface area contributed by atoms with Crippen molar-refractivity contribution < 1.29 is 14.3 Å². The van der Waals surface area contributed by atoms with Crippen molar-refractivity contribution in [2.45, 2.75) is 25.7 Å². The molecule has 2 aliphatic rings. The molecule has 2 aliphatic carbocycles. The van der Waals surface area contributed by atoms with Crippen molar-refractivity contribution in [2.75, 3.05) is 14.2 Å². The molecule has 102 valence electrons. The molecule has 3 heteroatoms. The molecule has 1 aromatic rings. The zero-order chi connectivity index (χ0) is 13.4. The third-order valence-electron chi connectivity index (χ3n) is 4.53. The van der Waals surface area contributed by atoms with Crippen molar-refractivity contribution >= 4 is 5.78 Å². The first-order valence-electron chi connectivity index (χ1n) is 6.95. The summed E-state index contributed by atoms with van der Waals surface area (Å²) in [6.45, 7) is 0. The van der Waals surface area contributed by atoms with E-state index in [2.05, 4.69) is 0 Å². The van der Waals surface area contributed by atoms with Gasteiger partial charge in [0.1, 0.15) is 5.78 Å². The van der Waals surface area contributed by atoms with Crippen LogP contribution in [0.15, 0.2) is 18.2 Å².